The van der Waals surface area contributed by atoms with Crippen molar-refractivity contribution in [2.24, 2.45) is 0 Å². The average Bonchev–Trinajstić information content (AvgIpc) is 3.86. The summed E-state index contributed by atoms with van der Waals surface area (Å²) in [6.07, 6.45) is 0. The van der Waals surface area contributed by atoms with Crippen molar-refractivity contribution in [3.63, 3.8) is 0 Å². The first kappa shape index (κ1) is 31.4. The molecule has 13 aromatic rings. The van der Waals surface area contributed by atoms with Crippen molar-refractivity contribution in [2.45, 2.75) is 0 Å². The van der Waals surface area contributed by atoms with Gasteiger partial charge in [-0.2, -0.15) is 0 Å². The summed E-state index contributed by atoms with van der Waals surface area (Å²) in [7, 11) is 0. The molecule has 58 heavy (non-hydrogen) atoms. The third kappa shape index (κ3) is 4.40. The molecule has 0 fully saturated rings. The lowest BCUT2D eigenvalue weighted by Gasteiger charge is -2.29. The number of anilines is 6. The van der Waals surface area contributed by atoms with Gasteiger partial charge in [0.25, 0.3) is 0 Å². The summed E-state index contributed by atoms with van der Waals surface area (Å²) < 4.78 is 13.2. The summed E-state index contributed by atoms with van der Waals surface area (Å²) in [5, 5.41) is 14.2. The fourth-order valence-corrected chi connectivity index (χ4v) is 9.63. The van der Waals surface area contributed by atoms with Gasteiger partial charge in [0.1, 0.15) is 16.7 Å². The van der Waals surface area contributed by atoms with Crippen molar-refractivity contribution in [1.82, 2.24) is 0 Å². The third-order valence-corrected chi connectivity index (χ3v) is 12.1. The topological polar surface area (TPSA) is 32.8 Å². The number of furan rings is 2. The van der Waals surface area contributed by atoms with Gasteiger partial charge in [0.05, 0.1) is 22.7 Å². The lowest BCUT2D eigenvalue weighted by molar-refractivity contribution is 0.669. The van der Waals surface area contributed by atoms with Gasteiger partial charge < -0.3 is 18.6 Å². The van der Waals surface area contributed by atoms with Crippen LogP contribution in [0.15, 0.2) is 203 Å². The van der Waals surface area contributed by atoms with Crippen LogP contribution in [0.5, 0.6) is 0 Å². The lowest BCUT2D eigenvalue weighted by atomic mass is 9.91. The van der Waals surface area contributed by atoms with Gasteiger partial charge >= 0.3 is 0 Å². The molecule has 4 heteroatoms. The standard InChI is InChI=1S/C54H32N2O2/c1-3-12-37(13-4-1)55(39-31-36-22-21-33-11-9-20-48-52(33)53(36)49(32-39)57-48)44-29-25-34-24-28-43-45(30-26-35-23-27-42(44)50(34)51(35)43)56(38-14-5-2-6-15-38)46-18-10-17-41-40-16-7-8-19-47(40)58-54(41)46/h1-32H. The maximum absolute atomic E-state index is 6.66. The van der Waals surface area contributed by atoms with Gasteiger partial charge in [-0.3, -0.25) is 0 Å². The maximum atomic E-state index is 6.66. The smallest absolute Gasteiger partial charge is 0.159 e. The number of hydrogen-bond acceptors (Lipinski definition) is 4. The molecule has 0 atom stereocenters. The van der Waals surface area contributed by atoms with Crippen LogP contribution in [-0.4, -0.2) is 0 Å². The van der Waals surface area contributed by atoms with Crippen LogP contribution in [0.2, 0.25) is 0 Å². The molecule has 2 heterocycles. The van der Waals surface area contributed by atoms with Crippen LogP contribution < -0.4 is 9.80 Å². The van der Waals surface area contributed by atoms with E-state index in [0.717, 1.165) is 72.6 Å². The van der Waals surface area contributed by atoms with E-state index in [-0.39, 0.29) is 0 Å². The zero-order valence-corrected chi connectivity index (χ0v) is 31.2. The Morgan fingerprint density at radius 3 is 1.59 bits per heavy atom. The highest BCUT2D eigenvalue weighted by Crippen LogP contribution is 2.50. The number of para-hydroxylation sites is 4. The molecule has 0 spiro atoms. The van der Waals surface area contributed by atoms with Gasteiger partial charge in [0.15, 0.2) is 5.58 Å². The number of nitrogens with zero attached hydrogens (tertiary/aromatic N) is 2. The summed E-state index contributed by atoms with van der Waals surface area (Å²) >= 11 is 0. The summed E-state index contributed by atoms with van der Waals surface area (Å²) in [6.45, 7) is 0. The summed E-state index contributed by atoms with van der Waals surface area (Å²) in [4.78, 5) is 4.75. The first-order chi connectivity index (χ1) is 28.8. The number of fused-ring (bicyclic) bond motifs is 3. The van der Waals surface area contributed by atoms with Crippen LogP contribution in [0.3, 0.4) is 0 Å². The van der Waals surface area contributed by atoms with Crippen LogP contribution in [0.1, 0.15) is 0 Å². The molecule has 0 N–H and O–H groups in total. The second kappa shape index (κ2) is 11.8. The Morgan fingerprint density at radius 1 is 0.276 bits per heavy atom. The maximum Gasteiger partial charge on any atom is 0.159 e. The van der Waals surface area contributed by atoms with Crippen molar-refractivity contribution in [3.8, 4) is 0 Å². The van der Waals surface area contributed by atoms with Gasteiger partial charge in [0.2, 0.25) is 0 Å². The number of hydrogen-bond donors (Lipinski definition) is 0. The largest absolute Gasteiger partial charge is 0.456 e. The number of benzene rings is 11. The lowest BCUT2D eigenvalue weighted by Crippen LogP contribution is -2.11. The van der Waals surface area contributed by atoms with Gasteiger partial charge in [-0.05, 0) is 93.0 Å². The third-order valence-electron chi connectivity index (χ3n) is 12.1. The van der Waals surface area contributed by atoms with E-state index in [9.17, 15) is 0 Å². The highest BCUT2D eigenvalue weighted by atomic mass is 16.3. The molecule has 270 valence electrons. The average molecular weight is 741 g/mol. The molecule has 0 saturated carbocycles. The van der Waals surface area contributed by atoms with Crippen LogP contribution in [0.4, 0.5) is 34.1 Å². The molecular formula is C54H32N2O2. The van der Waals surface area contributed by atoms with Crippen molar-refractivity contribution in [1.29, 1.82) is 0 Å². The van der Waals surface area contributed by atoms with Crippen molar-refractivity contribution in [2.75, 3.05) is 9.80 Å². The van der Waals surface area contributed by atoms with E-state index >= 15 is 0 Å². The summed E-state index contributed by atoms with van der Waals surface area (Å²) in [5.74, 6) is 0. The quantitative estimate of drug-likeness (QED) is 0.159. The monoisotopic (exact) mass is 740 g/mol. The molecule has 2 aromatic heterocycles. The Balaban J connectivity index is 1.07. The highest BCUT2D eigenvalue weighted by Gasteiger charge is 2.25. The Bertz CT molecular complexity index is 3700. The van der Waals surface area contributed by atoms with Crippen molar-refractivity contribution < 1.29 is 8.83 Å². The van der Waals surface area contributed by atoms with Crippen molar-refractivity contribution >= 4 is 121 Å². The number of rotatable bonds is 6. The second-order valence-corrected chi connectivity index (χ2v) is 15.2. The fourth-order valence-electron chi connectivity index (χ4n) is 9.63. The predicted octanol–water partition coefficient (Wildman–Crippen LogP) is 15.9. The van der Waals surface area contributed by atoms with Crippen LogP contribution in [0, 0.1) is 0 Å². The van der Waals surface area contributed by atoms with Crippen LogP contribution in [-0.2, 0) is 0 Å². The van der Waals surface area contributed by atoms with E-state index < -0.39 is 0 Å². The van der Waals surface area contributed by atoms with E-state index in [1.165, 1.54) is 48.5 Å². The van der Waals surface area contributed by atoms with E-state index in [1.807, 2.05) is 6.07 Å². The normalized spacial score (nSPS) is 12.1. The molecule has 4 nitrogen and oxygen atoms in total. The first-order valence-electron chi connectivity index (χ1n) is 19.8. The second-order valence-electron chi connectivity index (χ2n) is 15.2. The molecule has 0 radical (unpaired) electrons. The zero-order valence-electron chi connectivity index (χ0n) is 31.2. The molecule has 0 bridgehead atoms. The van der Waals surface area contributed by atoms with Crippen LogP contribution in [0.25, 0.3) is 87.0 Å². The van der Waals surface area contributed by atoms with E-state index in [0.29, 0.717) is 0 Å². The van der Waals surface area contributed by atoms with Crippen molar-refractivity contribution in [3.05, 3.63) is 194 Å². The van der Waals surface area contributed by atoms with Crippen LogP contribution >= 0.6 is 0 Å². The molecule has 0 amide bonds. The Kier molecular flexibility index (Phi) is 6.41. The minimum atomic E-state index is 0.866. The molecular weight excluding hydrogens is 709 g/mol. The first-order valence-corrected chi connectivity index (χ1v) is 19.8. The molecule has 0 unspecified atom stereocenters. The SMILES string of the molecule is c1ccc(N(c2cc3ccc4cccc5oc(c2)c3c45)c2ccc3ccc4c(N(c5ccccc5)c5cccc6c5oc5ccccc56)ccc5ccc2c3c54)cc1. The summed E-state index contributed by atoms with van der Waals surface area (Å²) in [5.41, 5.74) is 9.94. The van der Waals surface area contributed by atoms with Gasteiger partial charge in [-0.25, -0.2) is 0 Å². The Hall–Kier alpha value is -7.82. The van der Waals surface area contributed by atoms with E-state index in [4.69, 9.17) is 8.83 Å². The fraction of sp³-hybridized carbons (Fsp3) is 0. The van der Waals surface area contributed by atoms with E-state index in [1.54, 1.807) is 0 Å². The molecule has 13 rings (SSSR count). The Morgan fingerprint density at radius 2 is 0.828 bits per heavy atom. The highest BCUT2D eigenvalue weighted by molar-refractivity contribution is 6.29. The van der Waals surface area contributed by atoms with E-state index in [2.05, 4.69) is 198 Å². The molecule has 0 aliphatic carbocycles. The summed E-state index contributed by atoms with van der Waals surface area (Å²) in [6, 6.07) is 69.6. The predicted molar refractivity (Wildman–Crippen MR) is 243 cm³/mol. The van der Waals surface area contributed by atoms with Gasteiger partial charge in [-0.1, -0.05) is 127 Å². The Labute approximate surface area is 332 Å². The zero-order chi connectivity index (χ0) is 37.9. The molecule has 11 aromatic carbocycles. The van der Waals surface area contributed by atoms with Gasteiger partial charge in [0, 0.05) is 49.8 Å². The molecule has 0 saturated heterocycles. The molecule has 0 aliphatic heterocycles. The molecule has 0 aliphatic rings. The van der Waals surface area contributed by atoms with Gasteiger partial charge in [-0.15, -0.1) is 0 Å². The minimum absolute atomic E-state index is 0.866. The minimum Gasteiger partial charge on any atom is -0.456 e.